The van der Waals surface area contributed by atoms with Gasteiger partial charge in [0.15, 0.2) is 0 Å². The molecule has 10 heteroatoms. The van der Waals surface area contributed by atoms with Gasteiger partial charge in [-0.25, -0.2) is 5.43 Å². The first-order chi connectivity index (χ1) is 14.9. The van der Waals surface area contributed by atoms with E-state index in [4.69, 9.17) is 0 Å². The fourth-order valence-electron chi connectivity index (χ4n) is 2.39. The minimum absolute atomic E-state index is 0.00406. The molecule has 0 unspecified atom stereocenters. The Balaban J connectivity index is 1.80. The second kappa shape index (κ2) is 10.9. The number of nitrogens with zero attached hydrogens (tertiary/aromatic N) is 1. The molecule has 6 nitrogen and oxygen atoms in total. The van der Waals surface area contributed by atoms with Crippen LogP contribution in [-0.2, 0) is 4.79 Å². The summed E-state index contributed by atoms with van der Waals surface area (Å²) in [6.07, 6.45) is 2.95. The van der Waals surface area contributed by atoms with Crippen LogP contribution in [0.5, 0.6) is 5.75 Å². The van der Waals surface area contributed by atoms with Gasteiger partial charge >= 0.3 is 0 Å². The predicted molar refractivity (Wildman–Crippen MR) is 133 cm³/mol. The van der Waals surface area contributed by atoms with Crippen LogP contribution in [0, 0.1) is 0 Å². The number of hydrazone groups is 1. The summed E-state index contributed by atoms with van der Waals surface area (Å²) < 4.78 is 1.55. The van der Waals surface area contributed by atoms with Crippen LogP contribution in [-0.4, -0.2) is 23.1 Å². The van der Waals surface area contributed by atoms with E-state index in [1.807, 2.05) is 17.5 Å². The Morgan fingerprint density at radius 3 is 2.45 bits per heavy atom. The van der Waals surface area contributed by atoms with Crippen molar-refractivity contribution in [2.45, 2.75) is 0 Å². The van der Waals surface area contributed by atoms with E-state index in [1.165, 1.54) is 17.6 Å². The van der Waals surface area contributed by atoms with Crippen molar-refractivity contribution >= 4 is 83.2 Å². The molecule has 0 aliphatic heterocycles. The summed E-state index contributed by atoms with van der Waals surface area (Å²) in [7, 11) is 0. The van der Waals surface area contributed by atoms with Gasteiger partial charge in [-0.3, -0.25) is 9.59 Å². The molecule has 31 heavy (non-hydrogen) atoms. The van der Waals surface area contributed by atoms with Crippen molar-refractivity contribution in [2.75, 3.05) is 0 Å². The second-order valence-electron chi connectivity index (χ2n) is 6.01. The highest BCUT2D eigenvalue weighted by atomic mass is 79.9. The average molecular weight is 628 g/mol. The normalized spacial score (nSPS) is 11.5. The molecule has 0 fully saturated rings. The third-order valence-corrected chi connectivity index (χ3v) is 6.78. The van der Waals surface area contributed by atoms with Gasteiger partial charge in [-0.2, -0.15) is 5.10 Å². The Morgan fingerprint density at radius 2 is 1.77 bits per heavy atom. The maximum atomic E-state index is 12.7. The number of phenolic OH excluding ortho intramolecular Hbond substituents is 1. The molecule has 158 valence electrons. The van der Waals surface area contributed by atoms with Crippen molar-refractivity contribution < 1.29 is 14.7 Å². The molecule has 1 aromatic heterocycles. The molecule has 3 aromatic rings. The quantitative estimate of drug-likeness (QED) is 0.187. The van der Waals surface area contributed by atoms with Gasteiger partial charge in [-0.05, 0) is 67.6 Å². The van der Waals surface area contributed by atoms with Crippen molar-refractivity contribution in [2.24, 2.45) is 5.10 Å². The average Bonchev–Trinajstić information content (AvgIpc) is 3.27. The van der Waals surface area contributed by atoms with Crippen LogP contribution in [0.1, 0.15) is 20.8 Å². The number of nitrogens with one attached hydrogen (secondary N) is 2. The Hall–Kier alpha value is -2.27. The number of hydrogen-bond acceptors (Lipinski definition) is 5. The van der Waals surface area contributed by atoms with Crippen molar-refractivity contribution in [3.63, 3.8) is 0 Å². The van der Waals surface area contributed by atoms with Gasteiger partial charge in [-0.15, -0.1) is 11.3 Å². The SMILES string of the molecule is O=C(NN=Cc1c(Br)cc(Br)c(O)c1Br)C(=Cc1cccs1)NC(=O)c1ccccc1. The first-order valence-electron chi connectivity index (χ1n) is 8.68. The molecule has 0 aliphatic rings. The molecular formula is C21H14Br3N3O3S. The topological polar surface area (TPSA) is 90.8 Å². The van der Waals surface area contributed by atoms with Crippen LogP contribution in [0.3, 0.4) is 0 Å². The lowest BCUT2D eigenvalue weighted by molar-refractivity contribution is -0.117. The van der Waals surface area contributed by atoms with Crippen LogP contribution in [0.25, 0.3) is 6.08 Å². The lowest BCUT2D eigenvalue weighted by Gasteiger charge is -2.09. The van der Waals surface area contributed by atoms with E-state index in [2.05, 4.69) is 63.6 Å². The second-order valence-corrected chi connectivity index (χ2v) is 9.49. The zero-order valence-electron chi connectivity index (χ0n) is 15.6. The van der Waals surface area contributed by atoms with E-state index in [9.17, 15) is 14.7 Å². The number of rotatable bonds is 6. The minimum Gasteiger partial charge on any atom is -0.506 e. The summed E-state index contributed by atoms with van der Waals surface area (Å²) in [6.45, 7) is 0. The molecule has 0 radical (unpaired) electrons. The Kier molecular flexibility index (Phi) is 8.19. The minimum atomic E-state index is -0.595. The fraction of sp³-hybridized carbons (Fsp3) is 0. The van der Waals surface area contributed by atoms with Gasteiger partial charge in [0.2, 0.25) is 0 Å². The van der Waals surface area contributed by atoms with Gasteiger partial charge in [0.25, 0.3) is 11.8 Å². The predicted octanol–water partition coefficient (Wildman–Crippen LogP) is 5.66. The first kappa shape index (κ1) is 23.4. The molecule has 0 bridgehead atoms. The van der Waals surface area contributed by atoms with E-state index < -0.39 is 11.8 Å². The third kappa shape index (κ3) is 6.13. The first-order valence-corrected chi connectivity index (χ1v) is 11.9. The highest BCUT2D eigenvalue weighted by Gasteiger charge is 2.15. The zero-order valence-corrected chi connectivity index (χ0v) is 21.2. The van der Waals surface area contributed by atoms with Crippen molar-refractivity contribution in [1.82, 2.24) is 10.7 Å². The van der Waals surface area contributed by atoms with Crippen LogP contribution in [0.4, 0.5) is 0 Å². The molecule has 2 aromatic carbocycles. The van der Waals surface area contributed by atoms with Crippen LogP contribution < -0.4 is 10.7 Å². The van der Waals surface area contributed by atoms with Crippen LogP contribution in [0.2, 0.25) is 0 Å². The van der Waals surface area contributed by atoms with E-state index in [0.29, 0.717) is 24.5 Å². The molecular weight excluding hydrogens is 614 g/mol. The smallest absolute Gasteiger partial charge is 0.287 e. The summed E-state index contributed by atoms with van der Waals surface area (Å²) >= 11 is 11.3. The Bertz CT molecular complexity index is 1160. The number of benzene rings is 2. The maximum absolute atomic E-state index is 12.7. The lowest BCUT2D eigenvalue weighted by atomic mass is 10.2. The number of phenols is 1. The van der Waals surface area contributed by atoms with E-state index in [-0.39, 0.29) is 11.4 Å². The largest absolute Gasteiger partial charge is 0.506 e. The van der Waals surface area contributed by atoms with Gasteiger partial charge < -0.3 is 10.4 Å². The van der Waals surface area contributed by atoms with Crippen molar-refractivity contribution in [3.8, 4) is 5.75 Å². The number of amides is 2. The van der Waals surface area contributed by atoms with Gasteiger partial charge in [-0.1, -0.05) is 40.2 Å². The van der Waals surface area contributed by atoms with Crippen molar-refractivity contribution in [3.05, 3.63) is 89.0 Å². The standard InChI is InChI=1S/C21H14Br3N3O3S/c22-15-10-16(23)19(28)18(24)14(15)11-25-27-21(30)17(9-13-7-4-8-31-13)26-20(29)12-5-2-1-3-6-12/h1-11,28H,(H,26,29)(H,27,30). The van der Waals surface area contributed by atoms with Gasteiger partial charge in [0.05, 0.1) is 15.2 Å². The third-order valence-electron chi connectivity index (χ3n) is 3.90. The highest BCUT2D eigenvalue weighted by molar-refractivity contribution is 9.11. The molecule has 3 N–H and O–H groups in total. The van der Waals surface area contributed by atoms with E-state index >= 15 is 0 Å². The van der Waals surface area contributed by atoms with Gasteiger partial charge in [0.1, 0.15) is 11.4 Å². The summed E-state index contributed by atoms with van der Waals surface area (Å²) in [6, 6.07) is 13.9. The molecule has 2 amide bonds. The number of halogens is 3. The number of thiophene rings is 1. The molecule has 0 saturated heterocycles. The van der Waals surface area contributed by atoms with E-state index in [1.54, 1.807) is 42.5 Å². The van der Waals surface area contributed by atoms with E-state index in [0.717, 1.165) is 4.88 Å². The monoisotopic (exact) mass is 625 g/mol. The van der Waals surface area contributed by atoms with Crippen LogP contribution in [0.15, 0.2) is 78.1 Å². The highest BCUT2D eigenvalue weighted by Crippen LogP contribution is 2.38. The fourth-order valence-corrected chi connectivity index (χ4v) is 5.37. The van der Waals surface area contributed by atoms with Gasteiger partial charge in [0, 0.05) is 20.5 Å². The number of carbonyl (C=O) groups excluding carboxylic acids is 2. The Morgan fingerprint density at radius 1 is 1.03 bits per heavy atom. The number of hydrogen-bond donors (Lipinski definition) is 3. The number of aromatic hydroxyl groups is 1. The lowest BCUT2D eigenvalue weighted by Crippen LogP contribution is -2.32. The molecule has 3 rings (SSSR count). The maximum Gasteiger partial charge on any atom is 0.287 e. The summed E-state index contributed by atoms with van der Waals surface area (Å²) in [4.78, 5) is 26.1. The summed E-state index contributed by atoms with van der Waals surface area (Å²) in [5.41, 5.74) is 3.40. The Labute approximate surface area is 207 Å². The number of carbonyl (C=O) groups is 2. The molecule has 0 aliphatic carbocycles. The molecule has 0 atom stereocenters. The summed E-state index contributed by atoms with van der Waals surface area (Å²) in [5, 5.41) is 18.5. The van der Waals surface area contributed by atoms with Crippen LogP contribution >= 0.6 is 59.1 Å². The zero-order chi connectivity index (χ0) is 22.4. The molecule has 0 spiro atoms. The summed E-state index contributed by atoms with van der Waals surface area (Å²) in [5.74, 6) is -1.00. The molecule has 0 saturated carbocycles. The molecule has 1 heterocycles. The van der Waals surface area contributed by atoms with Crippen molar-refractivity contribution in [1.29, 1.82) is 0 Å².